The predicted molar refractivity (Wildman–Crippen MR) is 56.8 cm³/mol. The molecule has 0 saturated heterocycles. The quantitative estimate of drug-likeness (QED) is 0.595. The third-order valence-corrected chi connectivity index (χ3v) is 2.36. The summed E-state index contributed by atoms with van der Waals surface area (Å²) in [6, 6.07) is 1.82. The first-order valence-corrected chi connectivity index (χ1v) is 5.30. The van der Waals surface area contributed by atoms with E-state index >= 15 is 0 Å². The number of hydrogen-bond donors (Lipinski definition) is 1. The van der Waals surface area contributed by atoms with E-state index in [2.05, 4.69) is 23.8 Å². The molecule has 3 nitrogen and oxygen atoms in total. The Bertz CT molecular complexity index is 286. The van der Waals surface area contributed by atoms with Gasteiger partial charge in [-0.25, -0.2) is 9.97 Å². The van der Waals surface area contributed by atoms with Gasteiger partial charge in [0, 0.05) is 17.7 Å². The molecule has 1 heterocycles. The van der Waals surface area contributed by atoms with Crippen molar-refractivity contribution in [1.29, 1.82) is 0 Å². The zero-order chi connectivity index (χ0) is 9.84. The average molecular weight is 197 g/mol. The molecule has 0 unspecified atom stereocenters. The largest absolute Gasteiger partial charge is 0.384 e. The second-order valence-corrected chi connectivity index (χ2v) is 4.66. The lowest BCUT2D eigenvalue weighted by molar-refractivity contribution is 0.892. The molecule has 1 aromatic heterocycles. The fraction of sp³-hybridized carbons (Fsp3) is 0.556. The number of aryl methyl sites for hydroxylation is 1. The van der Waals surface area contributed by atoms with Crippen molar-refractivity contribution in [1.82, 2.24) is 9.97 Å². The molecule has 2 N–H and O–H groups in total. The summed E-state index contributed by atoms with van der Waals surface area (Å²) in [5, 5.41) is 1.50. The van der Waals surface area contributed by atoms with Crippen LogP contribution >= 0.6 is 11.8 Å². The van der Waals surface area contributed by atoms with Gasteiger partial charge in [-0.2, -0.15) is 0 Å². The molecule has 13 heavy (non-hydrogen) atoms. The van der Waals surface area contributed by atoms with Gasteiger partial charge >= 0.3 is 0 Å². The number of hydrogen-bond acceptors (Lipinski definition) is 4. The highest BCUT2D eigenvalue weighted by Crippen LogP contribution is 2.21. The molecule has 0 aliphatic carbocycles. The SMILES string of the molecule is CCc1nc(N)cc(SC(C)C)n1. The van der Waals surface area contributed by atoms with Crippen LogP contribution in [0.15, 0.2) is 11.1 Å². The summed E-state index contributed by atoms with van der Waals surface area (Å²) in [5.41, 5.74) is 5.65. The van der Waals surface area contributed by atoms with Crippen LogP contribution in [0.4, 0.5) is 5.82 Å². The number of rotatable bonds is 3. The Morgan fingerprint density at radius 1 is 1.46 bits per heavy atom. The second kappa shape index (κ2) is 4.46. The summed E-state index contributed by atoms with van der Waals surface area (Å²) in [7, 11) is 0. The molecule has 0 aliphatic heterocycles. The number of thioether (sulfide) groups is 1. The lowest BCUT2D eigenvalue weighted by Gasteiger charge is -2.05. The fourth-order valence-corrected chi connectivity index (χ4v) is 1.78. The minimum Gasteiger partial charge on any atom is -0.384 e. The molecule has 0 radical (unpaired) electrons. The van der Waals surface area contributed by atoms with Crippen molar-refractivity contribution in [2.75, 3.05) is 5.73 Å². The zero-order valence-electron chi connectivity index (χ0n) is 8.24. The monoisotopic (exact) mass is 197 g/mol. The van der Waals surface area contributed by atoms with Gasteiger partial charge in [-0.05, 0) is 0 Å². The van der Waals surface area contributed by atoms with E-state index in [0.717, 1.165) is 17.3 Å². The van der Waals surface area contributed by atoms with Crippen molar-refractivity contribution in [2.45, 2.75) is 37.5 Å². The van der Waals surface area contributed by atoms with E-state index < -0.39 is 0 Å². The van der Waals surface area contributed by atoms with Crippen LogP contribution in [0.2, 0.25) is 0 Å². The lowest BCUT2D eigenvalue weighted by atomic mass is 10.4. The number of nitrogens with two attached hydrogens (primary N) is 1. The van der Waals surface area contributed by atoms with E-state index in [1.165, 1.54) is 0 Å². The van der Waals surface area contributed by atoms with Crippen molar-refractivity contribution in [3.8, 4) is 0 Å². The molecule has 0 fully saturated rings. The minimum absolute atomic E-state index is 0.527. The Labute approximate surface area is 83.2 Å². The van der Waals surface area contributed by atoms with Crippen LogP contribution in [0, 0.1) is 0 Å². The first-order chi connectivity index (χ1) is 6.11. The van der Waals surface area contributed by atoms with Crippen molar-refractivity contribution in [3.05, 3.63) is 11.9 Å². The van der Waals surface area contributed by atoms with Crippen LogP contribution in [0.5, 0.6) is 0 Å². The Balaban J connectivity index is 2.88. The van der Waals surface area contributed by atoms with Gasteiger partial charge in [0.2, 0.25) is 0 Å². The Kier molecular flexibility index (Phi) is 3.54. The topological polar surface area (TPSA) is 51.8 Å². The van der Waals surface area contributed by atoms with Crippen molar-refractivity contribution in [2.24, 2.45) is 0 Å². The molecule has 4 heteroatoms. The van der Waals surface area contributed by atoms with Crippen molar-refractivity contribution in [3.63, 3.8) is 0 Å². The van der Waals surface area contributed by atoms with Crippen LogP contribution in [-0.4, -0.2) is 15.2 Å². The van der Waals surface area contributed by atoms with Gasteiger partial charge in [0.1, 0.15) is 16.7 Å². The van der Waals surface area contributed by atoms with E-state index in [9.17, 15) is 0 Å². The molecule has 0 atom stereocenters. The third-order valence-electron chi connectivity index (χ3n) is 1.44. The maximum absolute atomic E-state index is 5.65. The van der Waals surface area contributed by atoms with Gasteiger partial charge in [-0.15, -0.1) is 11.8 Å². The summed E-state index contributed by atoms with van der Waals surface area (Å²) in [6.07, 6.45) is 0.830. The van der Waals surface area contributed by atoms with Gasteiger partial charge in [0.05, 0.1) is 0 Å². The molecule has 0 saturated carbocycles. The molecule has 72 valence electrons. The van der Waals surface area contributed by atoms with E-state index in [1.807, 2.05) is 13.0 Å². The second-order valence-electron chi connectivity index (χ2n) is 3.07. The van der Waals surface area contributed by atoms with E-state index in [-0.39, 0.29) is 0 Å². The molecular weight excluding hydrogens is 182 g/mol. The van der Waals surface area contributed by atoms with Gasteiger partial charge in [0.25, 0.3) is 0 Å². The van der Waals surface area contributed by atoms with Crippen LogP contribution in [0.3, 0.4) is 0 Å². The molecule has 0 aromatic carbocycles. The van der Waals surface area contributed by atoms with Gasteiger partial charge in [0.15, 0.2) is 0 Å². The summed E-state index contributed by atoms with van der Waals surface area (Å²) < 4.78 is 0. The fourth-order valence-electron chi connectivity index (χ4n) is 0.952. The van der Waals surface area contributed by atoms with E-state index in [4.69, 9.17) is 5.73 Å². The summed E-state index contributed by atoms with van der Waals surface area (Å²) in [6.45, 7) is 6.29. The maximum atomic E-state index is 5.65. The molecule has 1 aromatic rings. The van der Waals surface area contributed by atoms with Gasteiger partial charge < -0.3 is 5.73 Å². The Hall–Kier alpha value is -0.770. The van der Waals surface area contributed by atoms with E-state index in [1.54, 1.807) is 11.8 Å². The Morgan fingerprint density at radius 2 is 2.15 bits per heavy atom. The molecule has 0 spiro atoms. The van der Waals surface area contributed by atoms with Crippen LogP contribution in [0.25, 0.3) is 0 Å². The number of nitrogen functional groups attached to an aromatic ring is 1. The van der Waals surface area contributed by atoms with Crippen LogP contribution in [-0.2, 0) is 6.42 Å². The summed E-state index contributed by atoms with van der Waals surface area (Å²) in [4.78, 5) is 8.48. The molecule has 1 rings (SSSR count). The molecule has 0 bridgehead atoms. The van der Waals surface area contributed by atoms with Gasteiger partial charge in [-0.1, -0.05) is 20.8 Å². The smallest absolute Gasteiger partial charge is 0.131 e. The predicted octanol–water partition coefficient (Wildman–Crippen LogP) is 2.12. The highest BCUT2D eigenvalue weighted by Gasteiger charge is 2.03. The minimum atomic E-state index is 0.527. The van der Waals surface area contributed by atoms with Crippen LogP contribution in [0.1, 0.15) is 26.6 Å². The van der Waals surface area contributed by atoms with Crippen molar-refractivity contribution < 1.29 is 0 Å². The molecule has 0 amide bonds. The summed E-state index contributed by atoms with van der Waals surface area (Å²) in [5.74, 6) is 1.39. The highest BCUT2D eigenvalue weighted by atomic mass is 32.2. The van der Waals surface area contributed by atoms with Crippen LogP contribution < -0.4 is 5.73 Å². The third kappa shape index (κ3) is 3.22. The standard InChI is InChI=1S/C9H15N3S/c1-4-8-11-7(10)5-9(12-8)13-6(2)3/h5-6H,4H2,1-3H3,(H2,10,11,12). The number of aromatic nitrogens is 2. The zero-order valence-corrected chi connectivity index (χ0v) is 9.06. The van der Waals surface area contributed by atoms with E-state index in [0.29, 0.717) is 11.1 Å². The first kappa shape index (κ1) is 10.3. The Morgan fingerprint density at radius 3 is 2.69 bits per heavy atom. The molecular formula is C9H15N3S. The first-order valence-electron chi connectivity index (χ1n) is 4.42. The average Bonchev–Trinajstić information content (AvgIpc) is 2.01. The number of anilines is 1. The maximum Gasteiger partial charge on any atom is 0.131 e. The normalized spacial score (nSPS) is 10.8. The molecule has 0 aliphatic rings. The van der Waals surface area contributed by atoms with Crippen molar-refractivity contribution >= 4 is 17.6 Å². The highest BCUT2D eigenvalue weighted by molar-refractivity contribution is 7.99. The number of nitrogens with zero attached hydrogens (tertiary/aromatic N) is 2. The summed E-state index contributed by atoms with van der Waals surface area (Å²) >= 11 is 1.71. The van der Waals surface area contributed by atoms with Gasteiger partial charge in [-0.3, -0.25) is 0 Å². The lowest BCUT2D eigenvalue weighted by Crippen LogP contribution is -2.00.